The molecule has 0 aromatic heterocycles. The molecule has 7 nitrogen and oxygen atoms in total. The number of allylic oxidation sites excluding steroid dienone is 5. The van der Waals surface area contributed by atoms with E-state index in [1.165, 1.54) is 77.0 Å². The van der Waals surface area contributed by atoms with E-state index in [0.717, 1.165) is 44.4 Å². The summed E-state index contributed by atoms with van der Waals surface area (Å²) in [6, 6.07) is 0. The molecule has 0 aliphatic rings. The fourth-order valence-corrected chi connectivity index (χ4v) is 5.25. The van der Waals surface area contributed by atoms with E-state index in [-0.39, 0.29) is 25.4 Å². The van der Waals surface area contributed by atoms with Crippen molar-refractivity contribution >= 4 is 11.9 Å². The van der Waals surface area contributed by atoms with E-state index in [2.05, 4.69) is 45.1 Å². The minimum Gasteiger partial charge on any atom is -0.462 e. The second-order valence-electron chi connectivity index (χ2n) is 13.4. The first-order chi connectivity index (χ1) is 22.8. The van der Waals surface area contributed by atoms with Crippen molar-refractivity contribution in [2.24, 2.45) is 5.92 Å². The molecular weight excluding hydrogens is 592 g/mol. The van der Waals surface area contributed by atoms with Gasteiger partial charge < -0.3 is 24.8 Å². The number of unbranched alkanes of at least 4 members (excludes halogenated alkanes) is 13. The van der Waals surface area contributed by atoms with Crippen LogP contribution in [0, 0.1) is 5.92 Å². The predicted molar refractivity (Wildman–Crippen MR) is 194 cm³/mol. The Balaban J connectivity index is 3.83. The molecule has 3 atom stereocenters. The molecule has 0 radical (unpaired) electrons. The van der Waals surface area contributed by atoms with Crippen molar-refractivity contribution in [3.05, 3.63) is 36.5 Å². The lowest BCUT2D eigenvalue weighted by Crippen LogP contribution is -2.29. The molecule has 0 aromatic carbocycles. The van der Waals surface area contributed by atoms with Gasteiger partial charge in [-0.2, -0.15) is 0 Å². The number of ether oxygens (including phenoxy) is 2. The van der Waals surface area contributed by atoms with Gasteiger partial charge in [0.2, 0.25) is 0 Å². The third-order valence-electron chi connectivity index (χ3n) is 8.32. The number of hydrogen-bond acceptors (Lipinski definition) is 7. The Labute approximate surface area is 288 Å². The van der Waals surface area contributed by atoms with Crippen LogP contribution in [0.4, 0.5) is 0 Å². The van der Waals surface area contributed by atoms with Gasteiger partial charge in [0, 0.05) is 12.8 Å². The maximum atomic E-state index is 12.2. The van der Waals surface area contributed by atoms with Crippen LogP contribution in [0.2, 0.25) is 0 Å². The van der Waals surface area contributed by atoms with Crippen molar-refractivity contribution in [2.45, 2.75) is 187 Å². The summed E-state index contributed by atoms with van der Waals surface area (Å²) in [4.78, 5) is 24.3. The molecule has 0 aromatic rings. The lowest BCUT2D eigenvalue weighted by Gasteiger charge is -2.17. The van der Waals surface area contributed by atoms with E-state index >= 15 is 0 Å². The van der Waals surface area contributed by atoms with Gasteiger partial charge in [-0.1, -0.05) is 141 Å². The molecule has 7 heteroatoms. The van der Waals surface area contributed by atoms with E-state index < -0.39 is 30.9 Å². The van der Waals surface area contributed by atoms with Gasteiger partial charge in [0.1, 0.15) is 6.61 Å². The molecule has 0 bridgehead atoms. The van der Waals surface area contributed by atoms with Crippen molar-refractivity contribution in [1.29, 1.82) is 0 Å². The summed E-state index contributed by atoms with van der Waals surface area (Å²) < 4.78 is 10.5. The Hall–Kier alpha value is -1.96. The topological polar surface area (TPSA) is 113 Å². The van der Waals surface area contributed by atoms with Crippen molar-refractivity contribution < 1.29 is 34.4 Å². The van der Waals surface area contributed by atoms with Crippen LogP contribution >= 0.6 is 0 Å². The Morgan fingerprint density at radius 3 is 1.77 bits per heavy atom. The maximum Gasteiger partial charge on any atom is 0.306 e. The van der Waals surface area contributed by atoms with Gasteiger partial charge >= 0.3 is 11.9 Å². The highest BCUT2D eigenvalue weighted by atomic mass is 16.6. The normalized spacial score (nSPS) is 14.0. The lowest BCUT2D eigenvalue weighted by atomic mass is 10.0. The average Bonchev–Trinajstić information content (AvgIpc) is 3.05. The Morgan fingerprint density at radius 1 is 0.617 bits per heavy atom. The summed E-state index contributed by atoms with van der Waals surface area (Å²) in [5.74, 6) is -0.0569. The Morgan fingerprint density at radius 2 is 1.17 bits per heavy atom. The number of rotatable bonds is 33. The standard InChI is InChI=1S/C40H72O7/c1-4-5-6-7-8-9-10-13-16-19-22-25-29-37(42)38(43)30-27-32-40(45)47-36(33-41)34-46-39(44)31-26-23-20-17-14-11-12-15-18-21-24-28-35(2)3/h8-9,13,16,22,25,35-38,41-43H,4-7,10-12,14-15,17-21,23-24,26-34H2,1-3H3/b9-8-,16-13-,25-22-/t36-,37?,38?/m0/s1. The molecule has 0 aliphatic carbocycles. The van der Waals surface area contributed by atoms with Crippen LogP contribution in [0.15, 0.2) is 36.5 Å². The van der Waals surface area contributed by atoms with E-state index in [0.29, 0.717) is 19.3 Å². The molecule has 0 amide bonds. The first kappa shape index (κ1) is 45.0. The zero-order valence-electron chi connectivity index (χ0n) is 30.4. The molecule has 274 valence electrons. The minimum absolute atomic E-state index is 0.0419. The maximum absolute atomic E-state index is 12.2. The highest BCUT2D eigenvalue weighted by molar-refractivity contribution is 5.70. The molecule has 0 spiro atoms. The smallest absolute Gasteiger partial charge is 0.306 e. The highest BCUT2D eigenvalue weighted by Gasteiger charge is 2.18. The van der Waals surface area contributed by atoms with Crippen molar-refractivity contribution in [3.63, 3.8) is 0 Å². The molecule has 47 heavy (non-hydrogen) atoms. The second-order valence-corrected chi connectivity index (χ2v) is 13.4. The van der Waals surface area contributed by atoms with Gasteiger partial charge in [-0.05, 0) is 57.3 Å². The Bertz CT molecular complexity index is 804. The fraction of sp³-hybridized carbons (Fsp3) is 0.800. The van der Waals surface area contributed by atoms with Gasteiger partial charge in [0.25, 0.3) is 0 Å². The predicted octanol–water partition coefficient (Wildman–Crippen LogP) is 9.47. The Kier molecular flexibility index (Phi) is 32.5. The second kappa shape index (κ2) is 33.9. The van der Waals surface area contributed by atoms with Crippen molar-refractivity contribution in [2.75, 3.05) is 13.2 Å². The molecule has 2 unspecified atom stereocenters. The van der Waals surface area contributed by atoms with Crippen LogP contribution < -0.4 is 0 Å². The number of aliphatic hydroxyl groups excluding tert-OH is 3. The van der Waals surface area contributed by atoms with Crippen molar-refractivity contribution in [1.82, 2.24) is 0 Å². The third kappa shape index (κ3) is 32.4. The molecule has 0 rings (SSSR count). The van der Waals surface area contributed by atoms with Gasteiger partial charge in [-0.3, -0.25) is 9.59 Å². The van der Waals surface area contributed by atoms with E-state index in [1.807, 2.05) is 12.2 Å². The first-order valence-corrected chi connectivity index (χ1v) is 19.1. The SMILES string of the molecule is CCCCC/C=C\C/C=C\C/C=C\CC(O)C(O)CCCC(=O)O[C@@H](CO)COC(=O)CCCCCCCCCCCCCC(C)C. The molecule has 0 aliphatic heterocycles. The largest absolute Gasteiger partial charge is 0.462 e. The summed E-state index contributed by atoms with van der Waals surface area (Å²) in [5, 5.41) is 30.0. The summed E-state index contributed by atoms with van der Waals surface area (Å²) in [6.45, 7) is 6.18. The van der Waals surface area contributed by atoms with Crippen LogP contribution in [0.25, 0.3) is 0 Å². The van der Waals surface area contributed by atoms with Crippen LogP contribution in [0.3, 0.4) is 0 Å². The molecule has 0 saturated carbocycles. The summed E-state index contributed by atoms with van der Waals surface area (Å²) in [7, 11) is 0. The molecule has 0 heterocycles. The van der Waals surface area contributed by atoms with E-state index in [1.54, 1.807) is 0 Å². The number of esters is 2. The molecule has 3 N–H and O–H groups in total. The lowest BCUT2D eigenvalue weighted by molar-refractivity contribution is -0.161. The quantitative estimate of drug-likeness (QED) is 0.0364. The monoisotopic (exact) mass is 665 g/mol. The zero-order valence-corrected chi connectivity index (χ0v) is 30.4. The third-order valence-corrected chi connectivity index (χ3v) is 8.32. The van der Waals surface area contributed by atoms with E-state index in [9.17, 15) is 24.9 Å². The molecular formula is C40H72O7. The first-order valence-electron chi connectivity index (χ1n) is 19.1. The van der Waals surface area contributed by atoms with E-state index in [4.69, 9.17) is 9.47 Å². The van der Waals surface area contributed by atoms with Crippen molar-refractivity contribution in [3.8, 4) is 0 Å². The summed E-state index contributed by atoms with van der Waals surface area (Å²) in [6.07, 6.45) is 32.4. The number of aliphatic hydroxyl groups is 3. The number of carbonyl (C=O) groups excluding carboxylic acids is 2. The van der Waals surface area contributed by atoms with Crippen LogP contribution in [0.5, 0.6) is 0 Å². The highest BCUT2D eigenvalue weighted by Crippen LogP contribution is 2.15. The minimum atomic E-state index is -0.940. The average molecular weight is 665 g/mol. The van der Waals surface area contributed by atoms with Crippen LogP contribution in [0.1, 0.15) is 168 Å². The van der Waals surface area contributed by atoms with Gasteiger partial charge in [0.15, 0.2) is 6.10 Å². The molecule has 0 saturated heterocycles. The van der Waals surface area contributed by atoms with Gasteiger partial charge in [0.05, 0.1) is 18.8 Å². The van der Waals surface area contributed by atoms with Crippen LogP contribution in [-0.2, 0) is 19.1 Å². The molecule has 0 fully saturated rings. The van der Waals surface area contributed by atoms with Gasteiger partial charge in [-0.25, -0.2) is 0 Å². The fourth-order valence-electron chi connectivity index (χ4n) is 5.25. The number of hydrogen-bond donors (Lipinski definition) is 3. The number of carbonyl (C=O) groups is 2. The summed E-state index contributed by atoms with van der Waals surface area (Å²) in [5.41, 5.74) is 0. The van der Waals surface area contributed by atoms with Gasteiger partial charge in [-0.15, -0.1) is 0 Å². The summed E-state index contributed by atoms with van der Waals surface area (Å²) >= 11 is 0. The van der Waals surface area contributed by atoms with Crippen LogP contribution in [-0.4, -0.2) is 58.8 Å². The zero-order chi connectivity index (χ0) is 34.8.